The van der Waals surface area contributed by atoms with Crippen LogP contribution < -0.4 is 0 Å². The molecule has 0 amide bonds. The Labute approximate surface area is 66.1 Å². The lowest BCUT2D eigenvalue weighted by atomic mass is 9.96. The molecule has 0 N–H and O–H groups in total. The summed E-state index contributed by atoms with van der Waals surface area (Å²) in [7, 11) is 0. The summed E-state index contributed by atoms with van der Waals surface area (Å²) >= 11 is 5.61. The molecule has 1 atom stereocenters. The fraction of sp³-hybridized carbons (Fsp3) is 0.625. The minimum absolute atomic E-state index is 0.0976. The summed E-state index contributed by atoms with van der Waals surface area (Å²) in [5, 5.41) is 0.429. The highest BCUT2D eigenvalue weighted by atomic mass is 35.5. The smallest absolute Gasteiger partial charge is 0.174 e. The molecular formula is C8H11ClO. The van der Waals surface area contributed by atoms with Crippen molar-refractivity contribution in [2.24, 2.45) is 11.8 Å². The van der Waals surface area contributed by atoms with Gasteiger partial charge in [0.15, 0.2) is 5.78 Å². The Morgan fingerprint density at radius 1 is 1.70 bits per heavy atom. The predicted molar refractivity (Wildman–Crippen MR) is 41.9 cm³/mol. The number of ketones is 1. The average molecular weight is 159 g/mol. The number of allylic oxidation sites excluding steroid dienone is 2. The van der Waals surface area contributed by atoms with Crippen molar-refractivity contribution in [3.8, 4) is 0 Å². The van der Waals surface area contributed by atoms with Crippen LogP contribution in [-0.4, -0.2) is 5.78 Å². The monoisotopic (exact) mass is 158 g/mol. The molecule has 0 radical (unpaired) electrons. The number of hydrogen-bond acceptors (Lipinski definition) is 1. The quantitative estimate of drug-likeness (QED) is 0.573. The molecule has 1 unspecified atom stereocenters. The summed E-state index contributed by atoms with van der Waals surface area (Å²) < 4.78 is 0. The van der Waals surface area contributed by atoms with Crippen LogP contribution >= 0.6 is 11.6 Å². The van der Waals surface area contributed by atoms with Gasteiger partial charge in [-0.3, -0.25) is 4.79 Å². The fourth-order valence-electron chi connectivity index (χ4n) is 1.08. The Balaban J connectivity index is 2.65. The molecule has 1 nitrogen and oxygen atoms in total. The maximum absolute atomic E-state index is 10.9. The molecule has 0 heterocycles. The second-order valence-corrected chi connectivity index (χ2v) is 3.46. The molecule has 1 aliphatic rings. The Morgan fingerprint density at radius 3 is 2.50 bits per heavy atom. The highest BCUT2D eigenvalue weighted by Crippen LogP contribution is 2.28. The minimum Gasteiger partial charge on any atom is -0.293 e. The number of halogens is 1. The molecule has 0 bridgehead atoms. The van der Waals surface area contributed by atoms with Crippen molar-refractivity contribution >= 4 is 17.4 Å². The van der Waals surface area contributed by atoms with E-state index in [2.05, 4.69) is 13.8 Å². The van der Waals surface area contributed by atoms with E-state index in [1.54, 1.807) is 0 Å². The van der Waals surface area contributed by atoms with Crippen LogP contribution in [0.4, 0.5) is 0 Å². The lowest BCUT2D eigenvalue weighted by Crippen LogP contribution is -2.03. The minimum atomic E-state index is 0.0976. The van der Waals surface area contributed by atoms with E-state index < -0.39 is 0 Å². The summed E-state index contributed by atoms with van der Waals surface area (Å²) in [5.74, 6) is 1.00. The number of carbonyl (C=O) groups excluding carboxylic acids is 1. The Bertz CT molecular complexity index is 182. The molecule has 0 saturated carbocycles. The second kappa shape index (κ2) is 2.75. The maximum atomic E-state index is 10.9. The molecular weight excluding hydrogens is 148 g/mol. The molecule has 1 rings (SSSR count). The molecule has 0 spiro atoms. The molecule has 0 aromatic rings. The third-order valence-corrected chi connectivity index (χ3v) is 2.24. The molecule has 0 fully saturated rings. The van der Waals surface area contributed by atoms with Crippen LogP contribution in [0.15, 0.2) is 11.1 Å². The third kappa shape index (κ3) is 1.40. The first-order chi connectivity index (χ1) is 4.61. The Kier molecular flexibility index (Phi) is 2.14. The van der Waals surface area contributed by atoms with Gasteiger partial charge >= 0.3 is 0 Å². The van der Waals surface area contributed by atoms with Gasteiger partial charge in [0.2, 0.25) is 0 Å². The summed E-state index contributed by atoms with van der Waals surface area (Å²) in [5.41, 5.74) is 0. The lowest BCUT2D eigenvalue weighted by Gasteiger charge is -2.08. The van der Waals surface area contributed by atoms with Gasteiger partial charge in [-0.1, -0.05) is 31.5 Å². The van der Waals surface area contributed by atoms with E-state index >= 15 is 0 Å². The highest BCUT2D eigenvalue weighted by Gasteiger charge is 2.24. The average Bonchev–Trinajstić information content (AvgIpc) is 2.13. The first-order valence-corrected chi connectivity index (χ1v) is 3.89. The van der Waals surface area contributed by atoms with Gasteiger partial charge in [0, 0.05) is 6.42 Å². The molecule has 0 aromatic heterocycles. The zero-order valence-electron chi connectivity index (χ0n) is 6.23. The Hall–Kier alpha value is -0.300. The SMILES string of the molecule is CC(C)C1C=C(Cl)C(=O)C1. The number of hydrogen-bond donors (Lipinski definition) is 0. The zero-order chi connectivity index (χ0) is 7.72. The van der Waals surface area contributed by atoms with Gasteiger partial charge < -0.3 is 0 Å². The molecule has 1 aliphatic carbocycles. The standard InChI is InChI=1S/C8H11ClO/c1-5(2)6-3-7(9)8(10)4-6/h3,5-6H,4H2,1-2H3. The van der Waals surface area contributed by atoms with E-state index in [4.69, 9.17) is 11.6 Å². The molecule has 0 aliphatic heterocycles. The molecule has 2 heteroatoms. The first kappa shape index (κ1) is 7.80. The van der Waals surface area contributed by atoms with E-state index in [1.165, 1.54) is 0 Å². The molecule has 0 saturated heterocycles. The summed E-state index contributed by atoms with van der Waals surface area (Å²) in [6, 6.07) is 0. The van der Waals surface area contributed by atoms with Gasteiger partial charge in [-0.15, -0.1) is 0 Å². The summed E-state index contributed by atoms with van der Waals surface area (Å²) in [6.07, 6.45) is 2.48. The van der Waals surface area contributed by atoms with Gasteiger partial charge in [0.1, 0.15) is 0 Å². The molecule has 0 aromatic carbocycles. The lowest BCUT2D eigenvalue weighted by molar-refractivity contribution is -0.115. The van der Waals surface area contributed by atoms with Crippen LogP contribution in [0.2, 0.25) is 0 Å². The van der Waals surface area contributed by atoms with Gasteiger partial charge in [-0.25, -0.2) is 0 Å². The van der Waals surface area contributed by atoms with Crippen LogP contribution in [-0.2, 0) is 4.79 Å². The van der Waals surface area contributed by atoms with Crippen molar-refractivity contribution in [3.05, 3.63) is 11.1 Å². The largest absolute Gasteiger partial charge is 0.293 e. The van der Waals surface area contributed by atoms with Crippen LogP contribution in [0, 0.1) is 11.8 Å². The second-order valence-electron chi connectivity index (χ2n) is 3.05. The van der Waals surface area contributed by atoms with Crippen molar-refractivity contribution in [2.75, 3.05) is 0 Å². The summed E-state index contributed by atoms with van der Waals surface area (Å²) in [4.78, 5) is 10.9. The van der Waals surface area contributed by atoms with Crippen molar-refractivity contribution < 1.29 is 4.79 Å². The molecule has 56 valence electrons. The van der Waals surface area contributed by atoms with E-state index in [1.807, 2.05) is 6.08 Å². The van der Waals surface area contributed by atoms with Crippen molar-refractivity contribution in [2.45, 2.75) is 20.3 Å². The van der Waals surface area contributed by atoms with Crippen LogP contribution in [0.1, 0.15) is 20.3 Å². The van der Waals surface area contributed by atoms with E-state index in [0.717, 1.165) is 0 Å². The van der Waals surface area contributed by atoms with Crippen LogP contribution in [0.25, 0.3) is 0 Å². The first-order valence-electron chi connectivity index (χ1n) is 3.51. The topological polar surface area (TPSA) is 17.1 Å². The Morgan fingerprint density at radius 2 is 2.30 bits per heavy atom. The highest BCUT2D eigenvalue weighted by molar-refractivity contribution is 6.43. The van der Waals surface area contributed by atoms with Crippen LogP contribution in [0.5, 0.6) is 0 Å². The van der Waals surface area contributed by atoms with Crippen molar-refractivity contribution in [1.82, 2.24) is 0 Å². The van der Waals surface area contributed by atoms with E-state index in [0.29, 0.717) is 23.3 Å². The van der Waals surface area contributed by atoms with Gasteiger partial charge in [0.05, 0.1) is 5.03 Å². The van der Waals surface area contributed by atoms with Crippen molar-refractivity contribution in [3.63, 3.8) is 0 Å². The predicted octanol–water partition coefficient (Wildman–Crippen LogP) is 2.35. The maximum Gasteiger partial charge on any atom is 0.174 e. The zero-order valence-corrected chi connectivity index (χ0v) is 6.98. The molecule has 10 heavy (non-hydrogen) atoms. The van der Waals surface area contributed by atoms with Crippen LogP contribution in [0.3, 0.4) is 0 Å². The third-order valence-electron chi connectivity index (χ3n) is 1.90. The van der Waals surface area contributed by atoms with Gasteiger partial charge in [-0.05, 0) is 11.8 Å². The number of Topliss-reactive ketones (excluding diaryl/α,β-unsaturated/α-hetero) is 1. The summed E-state index contributed by atoms with van der Waals surface area (Å²) in [6.45, 7) is 4.20. The van der Waals surface area contributed by atoms with Crippen molar-refractivity contribution in [1.29, 1.82) is 0 Å². The van der Waals surface area contributed by atoms with E-state index in [-0.39, 0.29) is 5.78 Å². The van der Waals surface area contributed by atoms with E-state index in [9.17, 15) is 4.79 Å². The number of rotatable bonds is 1. The number of carbonyl (C=O) groups is 1. The van der Waals surface area contributed by atoms with Gasteiger partial charge in [-0.2, -0.15) is 0 Å². The fourth-order valence-corrected chi connectivity index (χ4v) is 1.32. The van der Waals surface area contributed by atoms with Gasteiger partial charge in [0.25, 0.3) is 0 Å². The normalized spacial score (nSPS) is 25.8.